The molecule has 1 aliphatic rings. The molecule has 1 atom stereocenters. The van der Waals surface area contributed by atoms with Crippen molar-refractivity contribution in [2.45, 2.75) is 19.0 Å². The zero-order valence-corrected chi connectivity index (χ0v) is 20.1. The Kier molecular flexibility index (Phi) is 6.54. The number of nitrogens with zero attached hydrogens (tertiary/aromatic N) is 4. The van der Waals surface area contributed by atoms with Crippen molar-refractivity contribution in [3.8, 4) is 5.75 Å². The van der Waals surface area contributed by atoms with Gasteiger partial charge in [0.1, 0.15) is 29.2 Å². The first-order valence-corrected chi connectivity index (χ1v) is 11.8. The lowest BCUT2D eigenvalue weighted by molar-refractivity contribution is 0.0927. The first-order valence-electron chi connectivity index (χ1n) is 11.4. The molecule has 0 saturated heterocycles. The number of aromatic nitrogens is 3. The van der Waals surface area contributed by atoms with E-state index in [1.54, 1.807) is 4.68 Å². The number of hydrogen-bond acceptors (Lipinski definition) is 5. The molecule has 1 N–H and O–H groups in total. The maximum Gasteiger partial charge on any atom is 0.291 e. The Morgan fingerprint density at radius 1 is 1.00 bits per heavy atom. The first kappa shape index (κ1) is 22.7. The minimum Gasteiger partial charge on any atom is -0.489 e. The SMILES string of the molecule is CN1C(=S)[C@@H](NC(=O)c2nc(Cc3ccccc3)n(Cc3ccccc3)n2)COc2ccccc21. The summed E-state index contributed by atoms with van der Waals surface area (Å²) in [4.78, 5) is 20.3. The number of anilines is 1. The molecular formula is C27H25N5O2S. The molecule has 7 nitrogen and oxygen atoms in total. The fourth-order valence-corrected chi connectivity index (χ4v) is 4.27. The Labute approximate surface area is 209 Å². The molecular weight excluding hydrogens is 458 g/mol. The third-order valence-electron chi connectivity index (χ3n) is 5.90. The molecule has 5 rings (SSSR count). The second-order valence-electron chi connectivity index (χ2n) is 8.36. The van der Waals surface area contributed by atoms with E-state index in [2.05, 4.69) is 15.4 Å². The number of hydrogen-bond donors (Lipinski definition) is 1. The summed E-state index contributed by atoms with van der Waals surface area (Å²) >= 11 is 5.67. The van der Waals surface area contributed by atoms with Crippen LogP contribution in [0, 0.1) is 0 Å². The normalized spacial score (nSPS) is 15.2. The number of carbonyl (C=O) groups excluding carboxylic acids is 1. The average Bonchev–Trinajstić information content (AvgIpc) is 3.24. The summed E-state index contributed by atoms with van der Waals surface area (Å²) < 4.78 is 7.73. The van der Waals surface area contributed by atoms with E-state index in [4.69, 9.17) is 17.0 Å². The quantitative estimate of drug-likeness (QED) is 0.420. The molecule has 4 aromatic rings. The highest BCUT2D eigenvalue weighted by molar-refractivity contribution is 7.80. The lowest BCUT2D eigenvalue weighted by atomic mass is 10.1. The van der Waals surface area contributed by atoms with E-state index in [1.807, 2.05) is 96.9 Å². The number of carbonyl (C=O) groups is 1. The topological polar surface area (TPSA) is 72.3 Å². The fraction of sp³-hybridized carbons (Fsp3) is 0.185. The van der Waals surface area contributed by atoms with Gasteiger partial charge in [0.05, 0.1) is 12.2 Å². The van der Waals surface area contributed by atoms with Gasteiger partial charge in [-0.15, -0.1) is 5.10 Å². The molecule has 8 heteroatoms. The van der Waals surface area contributed by atoms with Gasteiger partial charge >= 0.3 is 0 Å². The zero-order valence-electron chi connectivity index (χ0n) is 19.3. The molecule has 1 aromatic heterocycles. The summed E-state index contributed by atoms with van der Waals surface area (Å²) in [5.74, 6) is 1.17. The summed E-state index contributed by atoms with van der Waals surface area (Å²) in [5.41, 5.74) is 3.04. The van der Waals surface area contributed by atoms with Gasteiger partial charge in [-0.05, 0) is 23.3 Å². The van der Waals surface area contributed by atoms with E-state index >= 15 is 0 Å². The average molecular weight is 484 g/mol. The third kappa shape index (κ3) is 5.07. The summed E-state index contributed by atoms with van der Waals surface area (Å²) in [6, 6.07) is 27.2. The van der Waals surface area contributed by atoms with Crippen molar-refractivity contribution in [3.05, 3.63) is 108 Å². The number of likely N-dealkylation sites (N-methyl/N-ethyl adjacent to an activating group) is 1. The molecule has 1 aliphatic heterocycles. The molecule has 0 spiro atoms. The molecule has 1 amide bonds. The van der Waals surface area contributed by atoms with Crippen molar-refractivity contribution in [1.29, 1.82) is 0 Å². The maximum atomic E-state index is 13.2. The highest BCUT2D eigenvalue weighted by atomic mass is 32.1. The van der Waals surface area contributed by atoms with Gasteiger partial charge in [-0.25, -0.2) is 9.67 Å². The molecule has 2 heterocycles. The lowest BCUT2D eigenvalue weighted by Crippen LogP contribution is -2.48. The zero-order chi connectivity index (χ0) is 24.2. The third-order valence-corrected chi connectivity index (χ3v) is 6.46. The summed E-state index contributed by atoms with van der Waals surface area (Å²) in [6.45, 7) is 0.750. The number of para-hydroxylation sites is 2. The Morgan fingerprint density at radius 3 is 2.40 bits per heavy atom. The number of nitrogens with one attached hydrogen (secondary N) is 1. The van der Waals surface area contributed by atoms with E-state index in [1.165, 1.54) is 0 Å². The Hall–Kier alpha value is -4.04. The Balaban J connectivity index is 1.38. The Bertz CT molecular complexity index is 1280. The molecule has 0 unspecified atom stereocenters. The second kappa shape index (κ2) is 10.1. The smallest absolute Gasteiger partial charge is 0.291 e. The molecule has 176 valence electrons. The standard InChI is InChI=1S/C27H25N5O2S/c1-31-22-14-8-9-15-23(22)34-18-21(27(31)35)28-26(33)25-29-24(16-19-10-4-2-5-11-19)32(30-25)17-20-12-6-3-7-13-20/h2-15,21H,16-18H2,1H3,(H,28,33)/t21-/m0/s1. The van der Waals surface area contributed by atoms with Crippen LogP contribution in [0.5, 0.6) is 5.75 Å². The number of rotatable bonds is 6. The minimum atomic E-state index is -0.492. The van der Waals surface area contributed by atoms with E-state index in [0.29, 0.717) is 18.0 Å². The molecule has 0 fully saturated rings. The predicted molar refractivity (Wildman–Crippen MR) is 139 cm³/mol. The molecule has 3 aromatic carbocycles. The molecule has 35 heavy (non-hydrogen) atoms. The monoisotopic (exact) mass is 483 g/mol. The van der Waals surface area contributed by atoms with Gasteiger partial charge in [0.25, 0.3) is 5.91 Å². The first-order chi connectivity index (χ1) is 17.1. The summed E-state index contributed by atoms with van der Waals surface area (Å²) in [6.07, 6.45) is 0.566. The van der Waals surface area contributed by atoms with E-state index < -0.39 is 6.04 Å². The molecule has 0 radical (unpaired) electrons. The summed E-state index contributed by atoms with van der Waals surface area (Å²) in [7, 11) is 1.87. The van der Waals surface area contributed by atoms with Gasteiger partial charge in [-0.2, -0.15) is 0 Å². The van der Waals surface area contributed by atoms with E-state index in [-0.39, 0.29) is 18.3 Å². The highest BCUT2D eigenvalue weighted by Gasteiger charge is 2.29. The number of amides is 1. The second-order valence-corrected chi connectivity index (χ2v) is 8.78. The molecule has 0 saturated carbocycles. The van der Waals surface area contributed by atoms with Crippen molar-refractivity contribution < 1.29 is 9.53 Å². The van der Waals surface area contributed by atoms with Crippen molar-refractivity contribution in [2.75, 3.05) is 18.6 Å². The predicted octanol–water partition coefficient (Wildman–Crippen LogP) is 3.87. The number of ether oxygens (including phenoxy) is 1. The van der Waals surface area contributed by atoms with Crippen molar-refractivity contribution in [3.63, 3.8) is 0 Å². The van der Waals surface area contributed by atoms with Crippen molar-refractivity contribution in [2.24, 2.45) is 0 Å². The van der Waals surface area contributed by atoms with Crippen LogP contribution in [0.3, 0.4) is 0 Å². The number of thiocarbonyl (C=S) groups is 1. The van der Waals surface area contributed by atoms with Crippen molar-refractivity contribution >= 4 is 28.8 Å². The van der Waals surface area contributed by atoms with Gasteiger partial charge in [0.2, 0.25) is 5.82 Å². The van der Waals surface area contributed by atoms with Crippen LogP contribution in [-0.2, 0) is 13.0 Å². The molecule has 0 aliphatic carbocycles. The Morgan fingerprint density at radius 2 is 1.66 bits per heavy atom. The van der Waals surface area contributed by atoms with Crippen LogP contribution < -0.4 is 15.0 Å². The highest BCUT2D eigenvalue weighted by Crippen LogP contribution is 2.30. The van der Waals surface area contributed by atoms with Crippen LogP contribution in [0.4, 0.5) is 5.69 Å². The minimum absolute atomic E-state index is 0.110. The van der Waals surface area contributed by atoms with Crippen LogP contribution >= 0.6 is 12.2 Å². The van der Waals surface area contributed by atoms with Crippen LogP contribution in [0.2, 0.25) is 0 Å². The fourth-order valence-electron chi connectivity index (χ4n) is 4.04. The van der Waals surface area contributed by atoms with Crippen LogP contribution in [0.15, 0.2) is 84.9 Å². The maximum absolute atomic E-state index is 13.2. The van der Waals surface area contributed by atoms with Gasteiger partial charge in [0.15, 0.2) is 0 Å². The summed E-state index contributed by atoms with van der Waals surface area (Å²) in [5, 5.41) is 7.54. The van der Waals surface area contributed by atoms with Crippen LogP contribution in [-0.4, -0.2) is 45.4 Å². The largest absolute Gasteiger partial charge is 0.489 e. The van der Waals surface area contributed by atoms with E-state index in [0.717, 1.165) is 28.4 Å². The number of fused-ring (bicyclic) bond motifs is 1. The van der Waals surface area contributed by atoms with Crippen molar-refractivity contribution in [1.82, 2.24) is 20.1 Å². The van der Waals surface area contributed by atoms with E-state index in [9.17, 15) is 4.79 Å². The van der Waals surface area contributed by atoms with Gasteiger partial charge in [0, 0.05) is 13.5 Å². The molecule has 0 bridgehead atoms. The van der Waals surface area contributed by atoms with Gasteiger partial charge in [-0.1, -0.05) is 85.0 Å². The number of benzene rings is 3. The lowest BCUT2D eigenvalue weighted by Gasteiger charge is -2.23. The van der Waals surface area contributed by atoms with Gasteiger partial charge < -0.3 is 15.0 Å². The van der Waals surface area contributed by atoms with Crippen LogP contribution in [0.25, 0.3) is 0 Å². The van der Waals surface area contributed by atoms with Gasteiger partial charge in [-0.3, -0.25) is 4.79 Å². The van der Waals surface area contributed by atoms with Crippen LogP contribution in [0.1, 0.15) is 27.6 Å².